The summed E-state index contributed by atoms with van der Waals surface area (Å²) in [5, 5.41) is 7.98. The van der Waals surface area contributed by atoms with E-state index >= 15 is 0 Å². The summed E-state index contributed by atoms with van der Waals surface area (Å²) in [6.45, 7) is 4.04. The van der Waals surface area contributed by atoms with E-state index in [9.17, 15) is 0 Å². The van der Waals surface area contributed by atoms with Crippen molar-refractivity contribution in [1.82, 2.24) is 34.5 Å². The van der Waals surface area contributed by atoms with Crippen molar-refractivity contribution in [2.75, 3.05) is 5.32 Å². The summed E-state index contributed by atoms with van der Waals surface area (Å²) in [5.74, 6) is 0.675. The fourth-order valence-corrected chi connectivity index (χ4v) is 3.35. The summed E-state index contributed by atoms with van der Waals surface area (Å²) in [7, 11) is 0. The van der Waals surface area contributed by atoms with Gasteiger partial charge in [0.25, 0.3) is 0 Å². The number of nitrogens with one attached hydrogen (secondary N) is 2. The molecule has 0 fully saturated rings. The van der Waals surface area contributed by atoms with Gasteiger partial charge >= 0.3 is 0 Å². The Kier molecular flexibility index (Phi) is 3.75. The third kappa shape index (κ3) is 2.75. The van der Waals surface area contributed by atoms with Crippen molar-refractivity contribution >= 4 is 22.6 Å². The molecule has 0 amide bonds. The zero-order chi connectivity index (χ0) is 19.1. The number of nitrogens with zero attached hydrogens (tertiary/aromatic N) is 6. The standard InChI is InChI=1S/C20H18N8/c1-12-8-16-26-17(14-6-4-3-5-7-14)15(9-28(16)27-12)13(2)25-20-18-19(22-10-21-18)23-11-24-20/h3-11,13H,1-2H3,(H2,21,22,23,24,25)/t13-/m0/s1. The number of fused-ring (bicyclic) bond motifs is 2. The third-order valence-corrected chi connectivity index (χ3v) is 4.68. The molecule has 0 unspecified atom stereocenters. The lowest BCUT2D eigenvalue weighted by Gasteiger charge is -2.18. The number of aromatic nitrogens is 7. The molecule has 8 nitrogen and oxygen atoms in total. The number of benzene rings is 1. The molecule has 0 saturated carbocycles. The van der Waals surface area contributed by atoms with Crippen LogP contribution in [0.2, 0.25) is 0 Å². The number of hydrogen-bond donors (Lipinski definition) is 2. The Morgan fingerprint density at radius 3 is 2.82 bits per heavy atom. The predicted molar refractivity (Wildman–Crippen MR) is 107 cm³/mol. The highest BCUT2D eigenvalue weighted by Crippen LogP contribution is 2.30. The van der Waals surface area contributed by atoms with Crippen molar-refractivity contribution in [1.29, 1.82) is 0 Å². The van der Waals surface area contributed by atoms with Crippen LogP contribution in [0.4, 0.5) is 5.82 Å². The largest absolute Gasteiger partial charge is 0.361 e. The summed E-state index contributed by atoms with van der Waals surface area (Å²) in [6, 6.07) is 12.1. The molecule has 1 aromatic carbocycles. The second kappa shape index (κ2) is 6.41. The van der Waals surface area contributed by atoms with Crippen LogP contribution in [0.5, 0.6) is 0 Å². The molecule has 28 heavy (non-hydrogen) atoms. The first-order chi connectivity index (χ1) is 13.7. The Morgan fingerprint density at radius 2 is 1.96 bits per heavy atom. The molecule has 0 radical (unpaired) electrons. The topological polar surface area (TPSA) is 96.7 Å². The van der Waals surface area contributed by atoms with Crippen LogP contribution in [0.1, 0.15) is 24.2 Å². The highest BCUT2D eigenvalue weighted by atomic mass is 15.2. The van der Waals surface area contributed by atoms with Gasteiger partial charge in [0, 0.05) is 23.4 Å². The van der Waals surface area contributed by atoms with Crippen LogP contribution in [0.25, 0.3) is 28.1 Å². The van der Waals surface area contributed by atoms with Gasteiger partial charge in [0.2, 0.25) is 0 Å². The summed E-state index contributed by atoms with van der Waals surface area (Å²) < 4.78 is 1.82. The number of aryl methyl sites for hydroxylation is 1. The number of H-pyrrole nitrogens is 1. The highest BCUT2D eigenvalue weighted by Gasteiger charge is 2.18. The molecule has 138 valence electrons. The van der Waals surface area contributed by atoms with Gasteiger partial charge < -0.3 is 10.3 Å². The Morgan fingerprint density at radius 1 is 1.11 bits per heavy atom. The quantitative estimate of drug-likeness (QED) is 0.502. The molecule has 0 aliphatic heterocycles. The summed E-state index contributed by atoms with van der Waals surface area (Å²) in [6.07, 6.45) is 5.16. The second-order valence-corrected chi connectivity index (χ2v) is 6.69. The zero-order valence-electron chi connectivity index (χ0n) is 15.5. The maximum absolute atomic E-state index is 4.89. The Balaban J connectivity index is 1.63. The van der Waals surface area contributed by atoms with E-state index in [1.165, 1.54) is 6.33 Å². The molecule has 5 rings (SSSR count). The molecule has 8 heteroatoms. The SMILES string of the molecule is Cc1cc2nc(-c3ccccc3)c([C@H](C)Nc3ncnc4[nH]cnc34)cn2n1. The van der Waals surface area contributed by atoms with Gasteiger partial charge in [-0.1, -0.05) is 30.3 Å². The number of hydrogen-bond acceptors (Lipinski definition) is 6. The van der Waals surface area contributed by atoms with Crippen LogP contribution in [-0.4, -0.2) is 34.5 Å². The van der Waals surface area contributed by atoms with E-state index < -0.39 is 0 Å². The average molecular weight is 370 g/mol. The fourth-order valence-electron chi connectivity index (χ4n) is 3.35. The van der Waals surface area contributed by atoms with Crippen molar-refractivity contribution in [3.05, 3.63) is 66.5 Å². The van der Waals surface area contributed by atoms with Gasteiger partial charge in [-0.05, 0) is 13.8 Å². The Hall–Kier alpha value is -3.81. The highest BCUT2D eigenvalue weighted by molar-refractivity contribution is 5.82. The van der Waals surface area contributed by atoms with Crippen LogP contribution in [-0.2, 0) is 0 Å². The molecule has 1 atom stereocenters. The van der Waals surface area contributed by atoms with E-state index in [4.69, 9.17) is 4.98 Å². The van der Waals surface area contributed by atoms with E-state index in [-0.39, 0.29) is 6.04 Å². The van der Waals surface area contributed by atoms with E-state index in [1.54, 1.807) is 6.33 Å². The lowest BCUT2D eigenvalue weighted by Crippen LogP contribution is -2.12. The first kappa shape index (κ1) is 16.4. The molecular weight excluding hydrogens is 352 g/mol. The molecule has 4 aromatic heterocycles. The summed E-state index contributed by atoms with van der Waals surface area (Å²) in [4.78, 5) is 20.8. The van der Waals surface area contributed by atoms with E-state index in [0.717, 1.165) is 28.2 Å². The summed E-state index contributed by atoms with van der Waals surface area (Å²) in [5.41, 5.74) is 6.15. The van der Waals surface area contributed by atoms with Crippen LogP contribution in [0, 0.1) is 6.92 Å². The number of imidazole rings is 1. The molecule has 0 aliphatic carbocycles. The van der Waals surface area contributed by atoms with Gasteiger partial charge in [0.05, 0.1) is 23.8 Å². The van der Waals surface area contributed by atoms with Crippen LogP contribution < -0.4 is 5.32 Å². The average Bonchev–Trinajstić information content (AvgIpc) is 3.33. The van der Waals surface area contributed by atoms with Gasteiger partial charge in [0.1, 0.15) is 11.8 Å². The monoisotopic (exact) mass is 370 g/mol. The molecule has 0 spiro atoms. The van der Waals surface area contributed by atoms with Crippen molar-refractivity contribution in [2.45, 2.75) is 19.9 Å². The Labute approximate surface area is 160 Å². The van der Waals surface area contributed by atoms with E-state index in [0.29, 0.717) is 17.0 Å². The van der Waals surface area contributed by atoms with Crippen molar-refractivity contribution in [2.24, 2.45) is 0 Å². The molecule has 0 saturated heterocycles. The maximum Gasteiger partial charge on any atom is 0.162 e. The van der Waals surface area contributed by atoms with Crippen LogP contribution in [0.15, 0.2) is 55.2 Å². The van der Waals surface area contributed by atoms with Crippen molar-refractivity contribution < 1.29 is 0 Å². The van der Waals surface area contributed by atoms with Gasteiger partial charge in [-0.15, -0.1) is 0 Å². The molecule has 4 heterocycles. The first-order valence-electron chi connectivity index (χ1n) is 9.02. The van der Waals surface area contributed by atoms with Crippen molar-refractivity contribution in [3.63, 3.8) is 0 Å². The van der Waals surface area contributed by atoms with Gasteiger partial charge in [-0.25, -0.2) is 24.5 Å². The number of aromatic amines is 1. The molecule has 0 bridgehead atoms. The molecule has 2 N–H and O–H groups in total. The van der Waals surface area contributed by atoms with Gasteiger partial charge in [-0.3, -0.25) is 0 Å². The van der Waals surface area contributed by atoms with E-state index in [1.807, 2.05) is 41.9 Å². The van der Waals surface area contributed by atoms with E-state index in [2.05, 4.69) is 49.4 Å². The predicted octanol–water partition coefficient (Wildman–Crippen LogP) is 3.54. The lowest BCUT2D eigenvalue weighted by atomic mass is 10.0. The van der Waals surface area contributed by atoms with Crippen LogP contribution in [0.3, 0.4) is 0 Å². The second-order valence-electron chi connectivity index (χ2n) is 6.69. The zero-order valence-corrected chi connectivity index (χ0v) is 15.5. The van der Waals surface area contributed by atoms with Gasteiger partial charge in [0.15, 0.2) is 17.1 Å². The Bertz CT molecular complexity index is 1270. The smallest absolute Gasteiger partial charge is 0.162 e. The molecule has 5 aromatic rings. The lowest BCUT2D eigenvalue weighted by molar-refractivity contribution is 0.827. The van der Waals surface area contributed by atoms with Crippen LogP contribution >= 0.6 is 0 Å². The molecule has 0 aliphatic rings. The van der Waals surface area contributed by atoms with Crippen molar-refractivity contribution in [3.8, 4) is 11.3 Å². The van der Waals surface area contributed by atoms with Gasteiger partial charge in [-0.2, -0.15) is 5.10 Å². The minimum atomic E-state index is -0.0774. The molecular formula is C20H18N8. The summed E-state index contributed by atoms with van der Waals surface area (Å²) >= 11 is 0. The minimum absolute atomic E-state index is 0.0774. The number of rotatable bonds is 4. The normalized spacial score (nSPS) is 12.5. The first-order valence-corrected chi connectivity index (χ1v) is 9.02. The number of anilines is 1. The minimum Gasteiger partial charge on any atom is -0.361 e. The fraction of sp³-hybridized carbons (Fsp3) is 0.150. The third-order valence-electron chi connectivity index (χ3n) is 4.68. The maximum atomic E-state index is 4.89.